The smallest absolute Gasteiger partial charge is 0.0154 e. The highest BCUT2D eigenvalue weighted by Crippen LogP contribution is 1.79. The topological polar surface area (TPSA) is 41.3 Å². The van der Waals surface area contributed by atoms with E-state index in [2.05, 4.69) is 24.3 Å². The fourth-order valence-electron chi connectivity index (χ4n) is 0.649. The SMILES string of the molecule is CN(C)CCCN/C=C/N. The molecule has 0 aliphatic carbocycles. The molecule has 0 aromatic rings. The van der Waals surface area contributed by atoms with E-state index < -0.39 is 0 Å². The van der Waals surface area contributed by atoms with Crippen molar-refractivity contribution >= 4 is 0 Å². The Morgan fingerprint density at radius 2 is 2.20 bits per heavy atom. The molecule has 0 bridgehead atoms. The molecule has 0 aromatic heterocycles. The van der Waals surface area contributed by atoms with Crippen molar-refractivity contribution in [3.63, 3.8) is 0 Å². The van der Waals surface area contributed by atoms with Crippen molar-refractivity contribution in [2.24, 2.45) is 5.73 Å². The summed E-state index contributed by atoms with van der Waals surface area (Å²) in [4.78, 5) is 2.16. The Morgan fingerprint density at radius 1 is 1.50 bits per heavy atom. The second-order valence-corrected chi connectivity index (χ2v) is 2.47. The lowest BCUT2D eigenvalue weighted by Crippen LogP contribution is -2.18. The van der Waals surface area contributed by atoms with Gasteiger partial charge in [-0.1, -0.05) is 0 Å². The third-order valence-corrected chi connectivity index (χ3v) is 1.14. The standard InChI is InChI=1S/C7H17N3/c1-10(2)7-3-5-9-6-4-8/h4,6,9H,3,5,7-8H2,1-2H3/b6-4+. The van der Waals surface area contributed by atoms with E-state index >= 15 is 0 Å². The molecule has 0 unspecified atom stereocenters. The van der Waals surface area contributed by atoms with E-state index in [9.17, 15) is 0 Å². The first kappa shape index (κ1) is 9.30. The van der Waals surface area contributed by atoms with Crippen LogP contribution in [-0.2, 0) is 0 Å². The van der Waals surface area contributed by atoms with Crippen molar-refractivity contribution in [3.8, 4) is 0 Å². The van der Waals surface area contributed by atoms with Gasteiger partial charge in [-0.25, -0.2) is 0 Å². The van der Waals surface area contributed by atoms with Gasteiger partial charge in [-0.3, -0.25) is 0 Å². The number of hydrogen-bond donors (Lipinski definition) is 2. The molecule has 10 heavy (non-hydrogen) atoms. The van der Waals surface area contributed by atoms with Crippen molar-refractivity contribution in [1.29, 1.82) is 0 Å². The first-order valence-electron chi connectivity index (χ1n) is 3.52. The minimum absolute atomic E-state index is 0.992. The van der Waals surface area contributed by atoms with Gasteiger partial charge in [0.15, 0.2) is 0 Å². The summed E-state index contributed by atoms with van der Waals surface area (Å²) in [5.74, 6) is 0. The van der Waals surface area contributed by atoms with Gasteiger partial charge >= 0.3 is 0 Å². The second-order valence-electron chi connectivity index (χ2n) is 2.47. The van der Waals surface area contributed by atoms with E-state index in [1.165, 1.54) is 6.20 Å². The molecular formula is C7H17N3. The summed E-state index contributed by atoms with van der Waals surface area (Å²) >= 11 is 0. The number of nitrogens with two attached hydrogens (primary N) is 1. The average Bonchev–Trinajstić information content (AvgIpc) is 1.87. The van der Waals surface area contributed by atoms with E-state index in [-0.39, 0.29) is 0 Å². The van der Waals surface area contributed by atoms with Crippen LogP contribution in [0.5, 0.6) is 0 Å². The minimum Gasteiger partial charge on any atom is -0.403 e. The van der Waals surface area contributed by atoms with Crippen molar-refractivity contribution in [2.75, 3.05) is 27.2 Å². The van der Waals surface area contributed by atoms with Gasteiger partial charge in [0.25, 0.3) is 0 Å². The summed E-state index contributed by atoms with van der Waals surface area (Å²) in [5.41, 5.74) is 5.12. The van der Waals surface area contributed by atoms with Gasteiger partial charge in [-0.2, -0.15) is 0 Å². The van der Waals surface area contributed by atoms with Gasteiger partial charge in [-0.05, 0) is 27.1 Å². The van der Waals surface area contributed by atoms with E-state index in [1.54, 1.807) is 6.20 Å². The normalized spacial score (nSPS) is 11.1. The number of hydrogen-bond acceptors (Lipinski definition) is 3. The summed E-state index contributed by atoms with van der Waals surface area (Å²) < 4.78 is 0. The van der Waals surface area contributed by atoms with Crippen LogP contribution in [0, 0.1) is 0 Å². The molecule has 0 saturated carbocycles. The Balaban J connectivity index is 2.91. The third-order valence-electron chi connectivity index (χ3n) is 1.14. The Bertz CT molecular complexity index is 88.9. The maximum absolute atomic E-state index is 5.12. The van der Waals surface area contributed by atoms with Crippen LogP contribution in [0.15, 0.2) is 12.4 Å². The third kappa shape index (κ3) is 7.30. The fraction of sp³-hybridized carbons (Fsp3) is 0.714. The highest BCUT2D eigenvalue weighted by Gasteiger charge is 1.86. The minimum atomic E-state index is 0.992. The maximum Gasteiger partial charge on any atom is 0.0154 e. The Labute approximate surface area is 62.9 Å². The second kappa shape index (κ2) is 6.42. The molecule has 0 rings (SSSR count). The van der Waals surface area contributed by atoms with Crippen LogP contribution in [0.25, 0.3) is 0 Å². The van der Waals surface area contributed by atoms with E-state index in [0.29, 0.717) is 0 Å². The van der Waals surface area contributed by atoms with Gasteiger partial charge in [0, 0.05) is 18.9 Å². The van der Waals surface area contributed by atoms with Gasteiger partial charge in [0.05, 0.1) is 0 Å². The first-order valence-corrected chi connectivity index (χ1v) is 3.52. The van der Waals surface area contributed by atoms with Gasteiger partial charge in [0.1, 0.15) is 0 Å². The molecule has 0 aliphatic rings. The van der Waals surface area contributed by atoms with Crippen molar-refractivity contribution in [1.82, 2.24) is 10.2 Å². The summed E-state index contributed by atoms with van der Waals surface area (Å²) in [7, 11) is 4.14. The van der Waals surface area contributed by atoms with E-state index in [4.69, 9.17) is 5.73 Å². The molecule has 0 atom stereocenters. The lowest BCUT2D eigenvalue weighted by molar-refractivity contribution is 0.399. The zero-order chi connectivity index (χ0) is 7.82. The Morgan fingerprint density at radius 3 is 2.70 bits per heavy atom. The molecule has 0 aliphatic heterocycles. The molecule has 0 saturated heterocycles. The zero-order valence-electron chi connectivity index (χ0n) is 6.80. The average molecular weight is 143 g/mol. The predicted octanol–water partition coefficient (Wildman–Crippen LogP) is -0.0424. The monoisotopic (exact) mass is 143 g/mol. The fourth-order valence-corrected chi connectivity index (χ4v) is 0.649. The summed E-state index contributed by atoms with van der Waals surface area (Å²) in [6, 6.07) is 0. The molecule has 0 fully saturated rings. The molecule has 3 N–H and O–H groups in total. The van der Waals surface area contributed by atoms with Crippen LogP contribution in [0.2, 0.25) is 0 Å². The molecule has 0 radical (unpaired) electrons. The van der Waals surface area contributed by atoms with Crippen LogP contribution < -0.4 is 11.1 Å². The van der Waals surface area contributed by atoms with Crippen LogP contribution in [0.1, 0.15) is 6.42 Å². The molecule has 0 heterocycles. The Hall–Kier alpha value is -0.700. The van der Waals surface area contributed by atoms with Crippen molar-refractivity contribution in [3.05, 3.63) is 12.4 Å². The van der Waals surface area contributed by atoms with Crippen LogP contribution in [-0.4, -0.2) is 32.1 Å². The maximum atomic E-state index is 5.12. The molecule has 0 amide bonds. The van der Waals surface area contributed by atoms with Crippen molar-refractivity contribution in [2.45, 2.75) is 6.42 Å². The van der Waals surface area contributed by atoms with E-state index in [0.717, 1.165) is 19.5 Å². The number of nitrogens with one attached hydrogen (secondary N) is 1. The molecule has 3 nitrogen and oxygen atoms in total. The van der Waals surface area contributed by atoms with Crippen LogP contribution in [0.3, 0.4) is 0 Å². The Kier molecular flexibility index (Phi) is 5.97. The molecule has 3 heteroatoms. The first-order chi connectivity index (χ1) is 4.77. The summed E-state index contributed by atoms with van der Waals surface area (Å²) in [6.45, 7) is 2.11. The van der Waals surface area contributed by atoms with Crippen LogP contribution >= 0.6 is 0 Å². The number of rotatable bonds is 5. The quantitative estimate of drug-likeness (QED) is 0.530. The molecule has 0 aromatic carbocycles. The largest absolute Gasteiger partial charge is 0.403 e. The van der Waals surface area contributed by atoms with Crippen molar-refractivity contribution < 1.29 is 0 Å². The lowest BCUT2D eigenvalue weighted by Gasteiger charge is -2.08. The summed E-state index contributed by atoms with van der Waals surface area (Å²) in [5, 5.41) is 3.06. The molecule has 0 spiro atoms. The highest BCUT2D eigenvalue weighted by molar-refractivity contribution is 4.72. The van der Waals surface area contributed by atoms with Gasteiger partial charge in [-0.15, -0.1) is 0 Å². The highest BCUT2D eigenvalue weighted by atomic mass is 15.0. The number of nitrogens with zero attached hydrogens (tertiary/aromatic N) is 1. The predicted molar refractivity (Wildman–Crippen MR) is 44.5 cm³/mol. The van der Waals surface area contributed by atoms with Gasteiger partial charge < -0.3 is 16.0 Å². The lowest BCUT2D eigenvalue weighted by atomic mass is 10.4. The summed E-state index contributed by atoms with van der Waals surface area (Å²) in [6.07, 6.45) is 4.42. The van der Waals surface area contributed by atoms with Gasteiger partial charge in [0.2, 0.25) is 0 Å². The molecule has 60 valence electrons. The van der Waals surface area contributed by atoms with Crippen LogP contribution in [0.4, 0.5) is 0 Å². The zero-order valence-corrected chi connectivity index (χ0v) is 6.80. The molecular weight excluding hydrogens is 126 g/mol. The van der Waals surface area contributed by atoms with E-state index in [1.807, 2.05) is 0 Å².